The average Bonchev–Trinajstić information content (AvgIpc) is 2.15. The number of nitrogens with zero attached hydrogens (tertiary/aromatic N) is 1. The van der Waals surface area contributed by atoms with E-state index in [1.165, 1.54) is 38.8 Å². The highest BCUT2D eigenvalue weighted by Crippen LogP contribution is 2.26. The molecule has 2 nitrogen and oxygen atoms in total. The normalized spacial score (nSPS) is 29.8. The van der Waals surface area contributed by atoms with Crippen LogP contribution in [0.15, 0.2) is 0 Å². The molecule has 1 fully saturated rings. The zero-order chi connectivity index (χ0) is 10.6. The lowest BCUT2D eigenvalue weighted by Gasteiger charge is -2.42. The molecule has 0 amide bonds. The molecule has 1 aliphatic heterocycles. The average molecular weight is 198 g/mol. The first-order valence-electron chi connectivity index (χ1n) is 5.95. The Balaban J connectivity index is 2.47. The van der Waals surface area contributed by atoms with Crippen molar-refractivity contribution in [1.29, 1.82) is 0 Å². The van der Waals surface area contributed by atoms with Gasteiger partial charge in [-0.1, -0.05) is 13.8 Å². The minimum atomic E-state index is 0.400. The van der Waals surface area contributed by atoms with Crippen molar-refractivity contribution in [3.63, 3.8) is 0 Å². The molecule has 1 unspecified atom stereocenters. The predicted octanol–water partition coefficient (Wildman–Crippen LogP) is 2.11. The summed E-state index contributed by atoms with van der Waals surface area (Å²) in [4.78, 5) is 2.46. The Labute approximate surface area is 89.1 Å². The Morgan fingerprint density at radius 2 is 2.14 bits per heavy atom. The monoisotopic (exact) mass is 198 g/mol. The summed E-state index contributed by atoms with van der Waals surface area (Å²) in [7, 11) is 4.36. The number of hydrogen-bond acceptors (Lipinski definition) is 2. The van der Waals surface area contributed by atoms with E-state index >= 15 is 0 Å². The molecule has 0 spiro atoms. The van der Waals surface area contributed by atoms with E-state index in [4.69, 9.17) is 0 Å². The molecule has 0 aromatic heterocycles. The Kier molecular flexibility index (Phi) is 4.39. The summed E-state index contributed by atoms with van der Waals surface area (Å²) in [5.74, 6) is 0.826. The van der Waals surface area contributed by atoms with E-state index in [2.05, 4.69) is 38.2 Å². The van der Waals surface area contributed by atoms with Crippen LogP contribution in [0.1, 0.15) is 39.5 Å². The van der Waals surface area contributed by atoms with Crippen LogP contribution in [0.3, 0.4) is 0 Å². The molecule has 0 aromatic rings. The second-order valence-corrected chi connectivity index (χ2v) is 5.30. The Bertz CT molecular complexity index is 168. The maximum Gasteiger partial charge on any atom is 0.0306 e. The van der Waals surface area contributed by atoms with Crippen molar-refractivity contribution in [2.24, 2.45) is 5.92 Å². The van der Waals surface area contributed by atoms with Crippen LogP contribution in [0.4, 0.5) is 0 Å². The van der Waals surface area contributed by atoms with E-state index in [-0.39, 0.29) is 0 Å². The van der Waals surface area contributed by atoms with Crippen LogP contribution in [0, 0.1) is 5.92 Å². The van der Waals surface area contributed by atoms with E-state index in [0.717, 1.165) is 5.92 Å². The fourth-order valence-electron chi connectivity index (χ4n) is 2.46. The first kappa shape index (κ1) is 12.0. The topological polar surface area (TPSA) is 15.3 Å². The summed E-state index contributed by atoms with van der Waals surface area (Å²) < 4.78 is 0. The van der Waals surface area contributed by atoms with Crippen LogP contribution in [-0.4, -0.2) is 37.6 Å². The third kappa shape index (κ3) is 3.25. The van der Waals surface area contributed by atoms with Crippen LogP contribution >= 0.6 is 0 Å². The number of likely N-dealkylation sites (N-methyl/N-ethyl adjacent to an activating group) is 2. The fraction of sp³-hybridized carbons (Fsp3) is 1.00. The highest BCUT2D eigenvalue weighted by molar-refractivity contribution is 4.92. The molecule has 1 aliphatic rings. The number of piperidine rings is 1. The molecular weight excluding hydrogens is 172 g/mol. The molecule has 0 saturated carbocycles. The van der Waals surface area contributed by atoms with Gasteiger partial charge in [-0.25, -0.2) is 0 Å². The SMILES string of the molecule is CNC1(CCC(C)C)CCCN(C)C1. The Morgan fingerprint density at radius 3 is 2.64 bits per heavy atom. The van der Waals surface area contributed by atoms with Crippen molar-refractivity contribution in [3.05, 3.63) is 0 Å². The standard InChI is InChI=1S/C12H26N2/c1-11(2)6-8-12(13-3)7-5-9-14(4)10-12/h11,13H,5-10H2,1-4H3. The molecule has 2 heteroatoms. The van der Waals surface area contributed by atoms with Gasteiger partial charge in [-0.3, -0.25) is 0 Å². The van der Waals surface area contributed by atoms with Gasteiger partial charge in [0.05, 0.1) is 0 Å². The number of likely N-dealkylation sites (tertiary alicyclic amines) is 1. The summed E-state index contributed by atoms with van der Waals surface area (Å²) in [6.07, 6.45) is 5.36. The third-order valence-electron chi connectivity index (χ3n) is 3.50. The molecule has 0 aliphatic carbocycles. The lowest BCUT2D eigenvalue weighted by atomic mass is 9.83. The number of hydrogen-bond donors (Lipinski definition) is 1. The molecule has 1 rings (SSSR count). The van der Waals surface area contributed by atoms with E-state index in [1.54, 1.807) is 0 Å². The van der Waals surface area contributed by atoms with Crippen molar-refractivity contribution in [2.45, 2.75) is 45.1 Å². The molecule has 0 radical (unpaired) electrons. The van der Waals surface area contributed by atoms with Crippen LogP contribution in [0.25, 0.3) is 0 Å². The molecule has 1 atom stereocenters. The van der Waals surface area contributed by atoms with Gasteiger partial charge < -0.3 is 10.2 Å². The second-order valence-electron chi connectivity index (χ2n) is 5.30. The van der Waals surface area contributed by atoms with Crippen molar-refractivity contribution in [2.75, 3.05) is 27.2 Å². The Morgan fingerprint density at radius 1 is 1.43 bits per heavy atom. The van der Waals surface area contributed by atoms with Crippen molar-refractivity contribution < 1.29 is 0 Å². The molecule has 1 saturated heterocycles. The van der Waals surface area contributed by atoms with Crippen molar-refractivity contribution in [1.82, 2.24) is 10.2 Å². The van der Waals surface area contributed by atoms with E-state index < -0.39 is 0 Å². The number of nitrogens with one attached hydrogen (secondary N) is 1. The molecule has 14 heavy (non-hydrogen) atoms. The van der Waals surface area contributed by atoms with Gasteiger partial charge in [0.25, 0.3) is 0 Å². The first-order chi connectivity index (χ1) is 6.58. The van der Waals surface area contributed by atoms with Gasteiger partial charge >= 0.3 is 0 Å². The Hall–Kier alpha value is -0.0800. The quantitative estimate of drug-likeness (QED) is 0.744. The molecule has 84 valence electrons. The van der Waals surface area contributed by atoms with Gasteiger partial charge in [-0.05, 0) is 52.2 Å². The minimum absolute atomic E-state index is 0.400. The highest BCUT2D eigenvalue weighted by Gasteiger charge is 2.32. The molecule has 0 aromatic carbocycles. The maximum absolute atomic E-state index is 3.56. The van der Waals surface area contributed by atoms with Gasteiger partial charge in [-0.2, -0.15) is 0 Å². The summed E-state index contributed by atoms with van der Waals surface area (Å²) >= 11 is 0. The maximum atomic E-state index is 3.56. The van der Waals surface area contributed by atoms with E-state index in [1.807, 2.05) is 0 Å². The van der Waals surface area contributed by atoms with Gasteiger partial charge in [-0.15, -0.1) is 0 Å². The summed E-state index contributed by atoms with van der Waals surface area (Å²) in [5.41, 5.74) is 0.400. The largest absolute Gasteiger partial charge is 0.313 e. The summed E-state index contributed by atoms with van der Waals surface area (Å²) in [6, 6.07) is 0. The molecular formula is C12H26N2. The van der Waals surface area contributed by atoms with E-state index in [9.17, 15) is 0 Å². The van der Waals surface area contributed by atoms with E-state index in [0.29, 0.717) is 5.54 Å². The van der Waals surface area contributed by atoms with Gasteiger partial charge in [0, 0.05) is 12.1 Å². The second kappa shape index (κ2) is 5.13. The highest BCUT2D eigenvalue weighted by atomic mass is 15.2. The lowest BCUT2D eigenvalue weighted by molar-refractivity contribution is 0.137. The van der Waals surface area contributed by atoms with Crippen molar-refractivity contribution in [3.8, 4) is 0 Å². The predicted molar refractivity (Wildman–Crippen MR) is 62.6 cm³/mol. The van der Waals surface area contributed by atoms with Gasteiger partial charge in [0.15, 0.2) is 0 Å². The van der Waals surface area contributed by atoms with Crippen LogP contribution in [-0.2, 0) is 0 Å². The smallest absolute Gasteiger partial charge is 0.0306 e. The zero-order valence-corrected chi connectivity index (χ0v) is 10.3. The number of rotatable bonds is 4. The van der Waals surface area contributed by atoms with Gasteiger partial charge in [0.1, 0.15) is 0 Å². The lowest BCUT2D eigenvalue weighted by Crippen LogP contribution is -2.54. The van der Waals surface area contributed by atoms with Crippen LogP contribution < -0.4 is 5.32 Å². The minimum Gasteiger partial charge on any atom is -0.313 e. The van der Waals surface area contributed by atoms with Crippen LogP contribution in [0.5, 0.6) is 0 Å². The summed E-state index contributed by atoms with van der Waals surface area (Å²) in [6.45, 7) is 7.12. The third-order valence-corrected chi connectivity index (χ3v) is 3.50. The van der Waals surface area contributed by atoms with Gasteiger partial charge in [0.2, 0.25) is 0 Å². The zero-order valence-electron chi connectivity index (χ0n) is 10.3. The molecule has 0 bridgehead atoms. The summed E-state index contributed by atoms with van der Waals surface area (Å²) in [5, 5.41) is 3.56. The van der Waals surface area contributed by atoms with Crippen LogP contribution in [0.2, 0.25) is 0 Å². The molecule has 1 N–H and O–H groups in total. The molecule has 1 heterocycles. The first-order valence-corrected chi connectivity index (χ1v) is 5.95. The van der Waals surface area contributed by atoms with Crippen molar-refractivity contribution >= 4 is 0 Å². The fourth-order valence-corrected chi connectivity index (χ4v) is 2.46.